The Bertz CT molecular complexity index is 361. The van der Waals surface area contributed by atoms with E-state index in [1.54, 1.807) is 13.0 Å². The second-order valence-corrected chi connectivity index (χ2v) is 4.23. The van der Waals surface area contributed by atoms with Gasteiger partial charge in [-0.1, -0.05) is 11.6 Å². The highest BCUT2D eigenvalue weighted by molar-refractivity contribution is 6.30. The van der Waals surface area contributed by atoms with E-state index in [2.05, 4.69) is 0 Å². The van der Waals surface area contributed by atoms with Crippen LogP contribution in [-0.2, 0) is 6.42 Å². The molecule has 0 bridgehead atoms. The van der Waals surface area contributed by atoms with E-state index < -0.39 is 6.10 Å². The highest BCUT2D eigenvalue weighted by atomic mass is 35.5. The van der Waals surface area contributed by atoms with Crippen molar-refractivity contribution in [1.82, 2.24) is 0 Å². The molecule has 0 radical (unpaired) electrons. The molecular formula is C11H13ClO2. The molecule has 0 saturated heterocycles. The molecule has 2 atom stereocenters. The van der Waals surface area contributed by atoms with Gasteiger partial charge in [0.15, 0.2) is 0 Å². The van der Waals surface area contributed by atoms with Crippen LogP contribution < -0.4 is 4.74 Å². The highest BCUT2D eigenvalue weighted by Crippen LogP contribution is 2.38. The third-order valence-corrected chi connectivity index (χ3v) is 2.65. The number of rotatable bonds is 1. The summed E-state index contributed by atoms with van der Waals surface area (Å²) in [6, 6.07) is 3.68. The molecule has 1 heterocycles. The zero-order valence-electron chi connectivity index (χ0n) is 8.25. The first-order valence-electron chi connectivity index (χ1n) is 4.75. The molecule has 3 heteroatoms. The molecule has 1 aliphatic heterocycles. The summed E-state index contributed by atoms with van der Waals surface area (Å²) in [6.45, 7) is 3.73. The summed E-state index contributed by atoms with van der Waals surface area (Å²) < 4.78 is 5.64. The van der Waals surface area contributed by atoms with Crippen LogP contribution in [-0.4, -0.2) is 11.2 Å². The Balaban J connectivity index is 2.52. The van der Waals surface area contributed by atoms with Crippen molar-refractivity contribution in [3.8, 4) is 5.75 Å². The van der Waals surface area contributed by atoms with Gasteiger partial charge in [-0.15, -0.1) is 0 Å². The van der Waals surface area contributed by atoms with E-state index >= 15 is 0 Å². The van der Waals surface area contributed by atoms with Crippen LogP contribution in [0.1, 0.15) is 31.1 Å². The van der Waals surface area contributed by atoms with E-state index in [0.29, 0.717) is 5.02 Å². The molecule has 1 aromatic carbocycles. The average Bonchev–Trinajstić information content (AvgIpc) is 2.42. The number of aliphatic hydroxyl groups excluding tert-OH is 1. The number of hydrogen-bond acceptors (Lipinski definition) is 2. The second-order valence-electron chi connectivity index (χ2n) is 3.79. The van der Waals surface area contributed by atoms with Crippen molar-refractivity contribution >= 4 is 11.6 Å². The molecular weight excluding hydrogens is 200 g/mol. The molecule has 0 aliphatic carbocycles. The summed E-state index contributed by atoms with van der Waals surface area (Å²) in [5.41, 5.74) is 1.89. The summed E-state index contributed by atoms with van der Waals surface area (Å²) in [5, 5.41) is 10.2. The van der Waals surface area contributed by atoms with Crippen LogP contribution in [0.3, 0.4) is 0 Å². The molecule has 0 fully saturated rings. The van der Waals surface area contributed by atoms with Gasteiger partial charge in [0.05, 0.1) is 6.10 Å². The predicted octanol–water partition coefficient (Wildman–Crippen LogP) is 2.72. The molecule has 1 aliphatic rings. The Morgan fingerprint density at radius 1 is 1.57 bits per heavy atom. The largest absolute Gasteiger partial charge is 0.490 e. The van der Waals surface area contributed by atoms with Crippen molar-refractivity contribution < 1.29 is 9.84 Å². The minimum absolute atomic E-state index is 0.181. The molecule has 1 N–H and O–H groups in total. The van der Waals surface area contributed by atoms with Gasteiger partial charge in [0.1, 0.15) is 11.9 Å². The molecule has 0 aromatic heterocycles. The van der Waals surface area contributed by atoms with E-state index in [9.17, 15) is 5.11 Å². The summed E-state index contributed by atoms with van der Waals surface area (Å²) >= 11 is 5.95. The topological polar surface area (TPSA) is 29.5 Å². The summed E-state index contributed by atoms with van der Waals surface area (Å²) in [6.07, 6.45) is 0.518. The molecule has 2 nitrogen and oxygen atoms in total. The summed E-state index contributed by atoms with van der Waals surface area (Å²) in [4.78, 5) is 0. The van der Waals surface area contributed by atoms with E-state index in [-0.39, 0.29) is 6.10 Å². The fourth-order valence-corrected chi connectivity index (χ4v) is 2.08. The summed E-state index contributed by atoms with van der Waals surface area (Å²) in [5.74, 6) is 0.817. The zero-order chi connectivity index (χ0) is 10.3. The number of aliphatic hydroxyl groups is 1. The molecule has 0 spiro atoms. The third-order valence-electron chi connectivity index (χ3n) is 2.44. The molecule has 76 valence electrons. The van der Waals surface area contributed by atoms with Gasteiger partial charge < -0.3 is 9.84 Å². The van der Waals surface area contributed by atoms with Crippen molar-refractivity contribution in [3.05, 3.63) is 28.3 Å². The van der Waals surface area contributed by atoms with Crippen LogP contribution in [0.25, 0.3) is 0 Å². The van der Waals surface area contributed by atoms with Crippen LogP contribution in [0.4, 0.5) is 0 Å². The number of benzene rings is 1. The normalized spacial score (nSPS) is 21.6. The lowest BCUT2D eigenvalue weighted by atomic mass is 10.0. The van der Waals surface area contributed by atoms with Gasteiger partial charge in [0, 0.05) is 17.0 Å². The number of fused-ring (bicyclic) bond motifs is 1. The Morgan fingerprint density at radius 2 is 2.29 bits per heavy atom. The average molecular weight is 213 g/mol. The highest BCUT2D eigenvalue weighted by Gasteiger charge is 2.24. The number of ether oxygens (including phenoxy) is 1. The van der Waals surface area contributed by atoms with Gasteiger partial charge in [-0.05, 0) is 31.5 Å². The lowest BCUT2D eigenvalue weighted by Crippen LogP contribution is -2.06. The Kier molecular flexibility index (Phi) is 2.41. The maximum absolute atomic E-state index is 9.56. The van der Waals surface area contributed by atoms with Gasteiger partial charge in [0.25, 0.3) is 0 Å². The van der Waals surface area contributed by atoms with Crippen LogP contribution in [0, 0.1) is 0 Å². The monoisotopic (exact) mass is 212 g/mol. The van der Waals surface area contributed by atoms with E-state index in [1.165, 1.54) is 0 Å². The van der Waals surface area contributed by atoms with Crippen molar-refractivity contribution in [1.29, 1.82) is 0 Å². The van der Waals surface area contributed by atoms with Crippen LogP contribution in [0.2, 0.25) is 5.02 Å². The molecule has 2 rings (SSSR count). The van der Waals surface area contributed by atoms with Gasteiger partial charge in [-0.2, -0.15) is 0 Å². The molecule has 2 unspecified atom stereocenters. The van der Waals surface area contributed by atoms with Gasteiger partial charge in [0.2, 0.25) is 0 Å². The minimum Gasteiger partial charge on any atom is -0.490 e. The fourth-order valence-electron chi connectivity index (χ4n) is 1.83. The van der Waals surface area contributed by atoms with Crippen molar-refractivity contribution in [2.45, 2.75) is 32.5 Å². The van der Waals surface area contributed by atoms with E-state index in [1.807, 2.05) is 13.0 Å². The Labute approximate surface area is 88.5 Å². The summed E-state index contributed by atoms with van der Waals surface area (Å²) in [7, 11) is 0. The first kappa shape index (κ1) is 9.81. The minimum atomic E-state index is -0.534. The van der Waals surface area contributed by atoms with Crippen molar-refractivity contribution in [2.75, 3.05) is 0 Å². The third kappa shape index (κ3) is 1.60. The maximum Gasteiger partial charge on any atom is 0.128 e. The SMILES string of the molecule is CC1Cc2cc(Cl)cc(C(C)O)c2O1. The van der Waals surface area contributed by atoms with E-state index in [4.69, 9.17) is 16.3 Å². The van der Waals surface area contributed by atoms with E-state index in [0.717, 1.165) is 23.3 Å². The number of hydrogen-bond donors (Lipinski definition) is 1. The quantitative estimate of drug-likeness (QED) is 0.776. The standard InChI is InChI=1S/C11H13ClO2/c1-6-3-8-4-9(12)5-10(7(2)13)11(8)14-6/h4-7,13H,3H2,1-2H3. The zero-order valence-corrected chi connectivity index (χ0v) is 9.01. The smallest absolute Gasteiger partial charge is 0.128 e. The molecule has 0 amide bonds. The van der Waals surface area contributed by atoms with Crippen LogP contribution in [0.15, 0.2) is 12.1 Å². The van der Waals surface area contributed by atoms with Gasteiger partial charge in [-0.25, -0.2) is 0 Å². The van der Waals surface area contributed by atoms with Gasteiger partial charge >= 0.3 is 0 Å². The fraction of sp³-hybridized carbons (Fsp3) is 0.455. The first-order valence-corrected chi connectivity index (χ1v) is 5.12. The first-order chi connectivity index (χ1) is 6.58. The Morgan fingerprint density at radius 3 is 2.93 bits per heavy atom. The van der Waals surface area contributed by atoms with Crippen LogP contribution in [0.5, 0.6) is 5.75 Å². The van der Waals surface area contributed by atoms with Crippen LogP contribution >= 0.6 is 11.6 Å². The lowest BCUT2D eigenvalue weighted by molar-refractivity contribution is 0.187. The maximum atomic E-state index is 9.56. The molecule has 0 saturated carbocycles. The van der Waals surface area contributed by atoms with Crippen molar-refractivity contribution in [3.63, 3.8) is 0 Å². The predicted molar refractivity (Wildman–Crippen MR) is 55.9 cm³/mol. The lowest BCUT2D eigenvalue weighted by Gasteiger charge is -2.11. The Hall–Kier alpha value is -0.730. The number of halogens is 1. The van der Waals surface area contributed by atoms with Crippen molar-refractivity contribution in [2.24, 2.45) is 0 Å². The molecule has 1 aromatic rings. The van der Waals surface area contributed by atoms with Gasteiger partial charge in [-0.3, -0.25) is 0 Å². The molecule has 14 heavy (non-hydrogen) atoms. The second kappa shape index (κ2) is 3.44.